The molecule has 1 saturated heterocycles. The molecule has 1 aromatic heterocycles. The molecule has 1 aliphatic carbocycles. The predicted molar refractivity (Wildman–Crippen MR) is 98.8 cm³/mol. The van der Waals surface area contributed by atoms with Gasteiger partial charge in [0.1, 0.15) is 5.75 Å². The number of hydrogen-bond acceptors (Lipinski definition) is 4. The molecule has 2 amide bonds. The maximum atomic E-state index is 12.9. The Morgan fingerprint density at radius 3 is 2.69 bits per heavy atom. The van der Waals surface area contributed by atoms with Crippen LogP contribution in [0.2, 0.25) is 0 Å². The van der Waals surface area contributed by atoms with Crippen LogP contribution in [0, 0.1) is 19.8 Å². The summed E-state index contributed by atoms with van der Waals surface area (Å²) in [5.74, 6) is 0.745. The number of rotatable bonds is 5. The number of nitrogens with zero attached hydrogens (tertiary/aromatic N) is 3. The fourth-order valence-corrected chi connectivity index (χ4v) is 4.31. The summed E-state index contributed by atoms with van der Waals surface area (Å²) in [4.78, 5) is 33.4. The number of likely N-dealkylation sites (tertiary alicyclic amines) is 1. The van der Waals surface area contributed by atoms with Gasteiger partial charge < -0.3 is 14.5 Å². The minimum Gasteiger partial charge on any atom is -0.496 e. The van der Waals surface area contributed by atoms with Gasteiger partial charge in [-0.2, -0.15) is 0 Å². The summed E-state index contributed by atoms with van der Waals surface area (Å²) in [6, 6.07) is 0.343. The van der Waals surface area contributed by atoms with Crippen LogP contribution in [-0.4, -0.2) is 53.3 Å². The topological polar surface area (TPSA) is 62.7 Å². The number of carbonyl (C=O) groups excluding carboxylic acids is 2. The summed E-state index contributed by atoms with van der Waals surface area (Å²) in [5, 5.41) is 0. The van der Waals surface area contributed by atoms with Crippen molar-refractivity contribution in [2.24, 2.45) is 5.92 Å². The zero-order chi connectivity index (χ0) is 18.8. The molecular formula is C20H29N3O3. The molecule has 0 unspecified atom stereocenters. The molecule has 2 heterocycles. The van der Waals surface area contributed by atoms with Gasteiger partial charge in [0.15, 0.2) is 0 Å². The monoisotopic (exact) mass is 359 g/mol. The van der Waals surface area contributed by atoms with Crippen LogP contribution in [-0.2, 0) is 16.1 Å². The molecule has 2 aliphatic rings. The highest BCUT2D eigenvalue weighted by molar-refractivity contribution is 5.89. The lowest BCUT2D eigenvalue weighted by molar-refractivity contribution is -0.135. The molecule has 1 atom stereocenters. The van der Waals surface area contributed by atoms with E-state index >= 15 is 0 Å². The van der Waals surface area contributed by atoms with Crippen molar-refractivity contribution in [1.82, 2.24) is 14.8 Å². The third-order valence-electron chi connectivity index (χ3n) is 5.79. The van der Waals surface area contributed by atoms with E-state index in [0.29, 0.717) is 25.6 Å². The SMILES string of the molecule is COc1c(C)cnc(CN(C)C(=O)[C@@H]2CC(=O)N(C3CCCC3)C2)c1C. The number of amides is 2. The fourth-order valence-electron chi connectivity index (χ4n) is 4.31. The lowest BCUT2D eigenvalue weighted by Crippen LogP contribution is -2.37. The maximum Gasteiger partial charge on any atom is 0.228 e. The molecule has 0 aromatic carbocycles. The smallest absolute Gasteiger partial charge is 0.228 e. The van der Waals surface area contributed by atoms with Gasteiger partial charge in [-0.25, -0.2) is 0 Å². The Labute approximate surface area is 155 Å². The van der Waals surface area contributed by atoms with Crippen molar-refractivity contribution in [3.8, 4) is 5.75 Å². The van der Waals surface area contributed by atoms with E-state index in [4.69, 9.17) is 4.74 Å². The van der Waals surface area contributed by atoms with Crippen molar-refractivity contribution < 1.29 is 14.3 Å². The van der Waals surface area contributed by atoms with Crippen molar-refractivity contribution in [3.63, 3.8) is 0 Å². The third-order valence-corrected chi connectivity index (χ3v) is 5.79. The van der Waals surface area contributed by atoms with E-state index in [1.165, 1.54) is 12.8 Å². The number of pyridine rings is 1. The van der Waals surface area contributed by atoms with Gasteiger partial charge in [-0.1, -0.05) is 12.8 Å². The molecule has 1 aliphatic heterocycles. The van der Waals surface area contributed by atoms with Gasteiger partial charge in [0.25, 0.3) is 0 Å². The molecular weight excluding hydrogens is 330 g/mol. The Morgan fingerprint density at radius 2 is 2.04 bits per heavy atom. The van der Waals surface area contributed by atoms with Crippen LogP contribution in [0.3, 0.4) is 0 Å². The Balaban J connectivity index is 1.66. The first kappa shape index (κ1) is 18.7. The summed E-state index contributed by atoms with van der Waals surface area (Å²) in [5.41, 5.74) is 2.78. The molecule has 1 saturated carbocycles. The number of carbonyl (C=O) groups is 2. The van der Waals surface area contributed by atoms with E-state index in [-0.39, 0.29) is 17.7 Å². The minimum absolute atomic E-state index is 0.0274. The van der Waals surface area contributed by atoms with E-state index in [0.717, 1.165) is 35.4 Å². The number of hydrogen-bond donors (Lipinski definition) is 0. The van der Waals surface area contributed by atoms with Gasteiger partial charge >= 0.3 is 0 Å². The molecule has 6 nitrogen and oxygen atoms in total. The highest BCUT2D eigenvalue weighted by Crippen LogP contribution is 2.30. The van der Waals surface area contributed by atoms with Crippen molar-refractivity contribution in [3.05, 3.63) is 23.0 Å². The van der Waals surface area contributed by atoms with E-state index < -0.39 is 0 Å². The van der Waals surface area contributed by atoms with Gasteiger partial charge in [0.2, 0.25) is 11.8 Å². The number of ether oxygens (including phenoxy) is 1. The average Bonchev–Trinajstić information content (AvgIpc) is 3.26. The second kappa shape index (κ2) is 7.64. The molecule has 3 rings (SSSR count). The van der Waals surface area contributed by atoms with Crippen LogP contribution < -0.4 is 4.74 Å². The van der Waals surface area contributed by atoms with Crippen molar-refractivity contribution >= 4 is 11.8 Å². The van der Waals surface area contributed by atoms with Gasteiger partial charge in [0.05, 0.1) is 25.3 Å². The van der Waals surface area contributed by atoms with Crippen molar-refractivity contribution in [2.75, 3.05) is 20.7 Å². The number of methoxy groups -OCH3 is 1. The highest BCUT2D eigenvalue weighted by atomic mass is 16.5. The standard InChI is InChI=1S/C20H29N3O3/c1-13-10-21-17(14(2)19(13)26-4)12-22(3)20(25)15-9-18(24)23(11-15)16-7-5-6-8-16/h10,15-16H,5-9,11-12H2,1-4H3/t15-/m1/s1. The maximum absolute atomic E-state index is 12.9. The Kier molecular flexibility index (Phi) is 5.49. The lowest BCUT2D eigenvalue weighted by Gasteiger charge is -2.25. The van der Waals surface area contributed by atoms with E-state index in [2.05, 4.69) is 4.98 Å². The summed E-state index contributed by atoms with van der Waals surface area (Å²) >= 11 is 0. The van der Waals surface area contributed by atoms with Gasteiger partial charge in [-0.05, 0) is 26.7 Å². The Bertz CT molecular complexity index is 698. The van der Waals surface area contributed by atoms with Crippen molar-refractivity contribution in [2.45, 2.75) is 58.5 Å². The van der Waals surface area contributed by atoms with Crippen LogP contribution in [0.5, 0.6) is 5.75 Å². The van der Waals surface area contributed by atoms with Crippen LogP contribution in [0.1, 0.15) is 48.9 Å². The average molecular weight is 359 g/mol. The van der Waals surface area contributed by atoms with Gasteiger partial charge in [-0.15, -0.1) is 0 Å². The molecule has 0 spiro atoms. The predicted octanol–water partition coefficient (Wildman–Crippen LogP) is 2.46. The summed E-state index contributed by atoms with van der Waals surface area (Å²) in [6.45, 7) is 4.92. The van der Waals surface area contributed by atoms with Crippen LogP contribution >= 0.6 is 0 Å². The summed E-state index contributed by atoms with van der Waals surface area (Å²) in [6.07, 6.45) is 6.65. The first-order chi connectivity index (χ1) is 12.4. The third kappa shape index (κ3) is 3.55. The lowest BCUT2D eigenvalue weighted by atomic mass is 10.1. The van der Waals surface area contributed by atoms with Gasteiger partial charge in [0, 0.05) is 43.4 Å². The van der Waals surface area contributed by atoms with E-state index in [1.54, 1.807) is 25.3 Å². The molecule has 26 heavy (non-hydrogen) atoms. The first-order valence-electron chi connectivity index (χ1n) is 9.45. The molecule has 142 valence electrons. The highest BCUT2D eigenvalue weighted by Gasteiger charge is 2.39. The zero-order valence-corrected chi connectivity index (χ0v) is 16.2. The molecule has 0 bridgehead atoms. The first-order valence-corrected chi connectivity index (χ1v) is 9.45. The van der Waals surface area contributed by atoms with E-state index in [9.17, 15) is 9.59 Å². The summed E-state index contributed by atoms with van der Waals surface area (Å²) in [7, 11) is 3.44. The summed E-state index contributed by atoms with van der Waals surface area (Å²) < 4.78 is 5.45. The van der Waals surface area contributed by atoms with Gasteiger partial charge in [-0.3, -0.25) is 14.6 Å². The fraction of sp³-hybridized carbons (Fsp3) is 0.650. The molecule has 0 N–H and O–H groups in total. The molecule has 0 radical (unpaired) electrons. The Morgan fingerprint density at radius 1 is 1.35 bits per heavy atom. The second-order valence-corrected chi connectivity index (χ2v) is 7.63. The van der Waals surface area contributed by atoms with Crippen LogP contribution in [0.4, 0.5) is 0 Å². The molecule has 6 heteroatoms. The van der Waals surface area contributed by atoms with Crippen LogP contribution in [0.25, 0.3) is 0 Å². The molecule has 1 aromatic rings. The second-order valence-electron chi connectivity index (χ2n) is 7.63. The largest absolute Gasteiger partial charge is 0.496 e. The van der Waals surface area contributed by atoms with Crippen molar-refractivity contribution in [1.29, 1.82) is 0 Å². The molecule has 2 fully saturated rings. The Hall–Kier alpha value is -2.11. The van der Waals surface area contributed by atoms with E-state index in [1.807, 2.05) is 18.7 Å². The normalized spacial score (nSPS) is 20.7. The zero-order valence-electron chi connectivity index (χ0n) is 16.2. The quantitative estimate of drug-likeness (QED) is 0.810. The number of aryl methyl sites for hydroxylation is 1. The van der Waals surface area contributed by atoms with Crippen LogP contribution in [0.15, 0.2) is 6.20 Å². The number of aromatic nitrogens is 1. The minimum atomic E-state index is -0.235.